The van der Waals surface area contributed by atoms with Crippen molar-refractivity contribution < 1.29 is 14.0 Å². The van der Waals surface area contributed by atoms with E-state index in [1.165, 1.54) is 49.5 Å². The Kier molecular flexibility index (Phi) is 11.0. The van der Waals surface area contributed by atoms with Crippen LogP contribution in [0.15, 0.2) is 194 Å². The van der Waals surface area contributed by atoms with Crippen LogP contribution in [0, 0.1) is 34.5 Å². The lowest BCUT2D eigenvalue weighted by Crippen LogP contribution is -2.71. The SMILES string of the molecule is C[C@@H]1C[C@H](O[Si](c2ccccc2)(c2ccccc2)c2ccccc2)C=C2CC[C@H]3[C@@H]4CC[C@H](O[Si](c5ccccc5)(c5ccccc5)c5ccccc5)[C@@]4(C)CC[C@@H]3[C@]21CO. The van der Waals surface area contributed by atoms with E-state index < -0.39 is 16.6 Å². The minimum Gasteiger partial charge on any atom is -0.401 e. The molecule has 0 heterocycles. The number of aliphatic hydroxyl groups excluding tert-OH is 1. The summed E-state index contributed by atoms with van der Waals surface area (Å²) in [6.07, 6.45) is 10.2. The Morgan fingerprint density at radius 1 is 0.525 bits per heavy atom. The third kappa shape index (κ3) is 6.62. The molecule has 0 aromatic heterocycles. The van der Waals surface area contributed by atoms with E-state index in [4.69, 9.17) is 8.85 Å². The average Bonchev–Trinajstić information content (AvgIpc) is 3.66. The number of hydrogen-bond acceptors (Lipinski definition) is 3. The Hall–Kier alpha value is -4.63. The maximum Gasteiger partial charge on any atom is 0.288 e. The van der Waals surface area contributed by atoms with Gasteiger partial charge in [-0.15, -0.1) is 0 Å². The van der Waals surface area contributed by atoms with Crippen molar-refractivity contribution in [1.29, 1.82) is 0 Å². The van der Waals surface area contributed by atoms with Crippen LogP contribution in [0.3, 0.4) is 0 Å². The van der Waals surface area contributed by atoms with Gasteiger partial charge in [-0.3, -0.25) is 0 Å². The summed E-state index contributed by atoms with van der Waals surface area (Å²) in [4.78, 5) is 0. The monoisotopic (exact) mass is 836 g/mol. The zero-order valence-corrected chi connectivity index (χ0v) is 37.8. The summed E-state index contributed by atoms with van der Waals surface area (Å²) in [5.41, 5.74) is 1.29. The molecule has 3 fully saturated rings. The minimum absolute atomic E-state index is 0.0429. The molecule has 8 atom stereocenters. The Morgan fingerprint density at radius 2 is 0.934 bits per heavy atom. The largest absolute Gasteiger partial charge is 0.401 e. The van der Waals surface area contributed by atoms with Gasteiger partial charge in [0.05, 0.1) is 18.8 Å². The molecule has 3 nitrogen and oxygen atoms in total. The molecule has 61 heavy (non-hydrogen) atoms. The second-order valence-electron chi connectivity index (χ2n) is 18.9. The van der Waals surface area contributed by atoms with Gasteiger partial charge in [-0.05, 0) is 105 Å². The van der Waals surface area contributed by atoms with Crippen molar-refractivity contribution in [2.75, 3.05) is 6.61 Å². The van der Waals surface area contributed by atoms with E-state index in [2.05, 4.69) is 202 Å². The summed E-state index contributed by atoms with van der Waals surface area (Å²) in [5, 5.41) is 19.6. The highest BCUT2D eigenvalue weighted by Crippen LogP contribution is 2.67. The first-order chi connectivity index (χ1) is 29.9. The summed E-state index contributed by atoms with van der Waals surface area (Å²) in [5.74, 6) is 1.86. The fraction of sp³-hybridized carbons (Fsp3) is 0.321. The maximum atomic E-state index is 11.8. The second-order valence-corrected chi connectivity index (χ2v) is 25.5. The van der Waals surface area contributed by atoms with Crippen molar-refractivity contribution in [3.8, 4) is 0 Å². The number of aliphatic hydroxyl groups is 1. The molecule has 0 amide bonds. The molecule has 0 saturated heterocycles. The van der Waals surface area contributed by atoms with Crippen LogP contribution in [0.4, 0.5) is 0 Å². The molecule has 0 bridgehead atoms. The van der Waals surface area contributed by atoms with Gasteiger partial charge in [0.2, 0.25) is 0 Å². The minimum atomic E-state index is -2.91. The zero-order valence-electron chi connectivity index (χ0n) is 35.8. The van der Waals surface area contributed by atoms with Crippen molar-refractivity contribution >= 4 is 47.8 Å². The molecular weight excluding hydrogens is 777 g/mol. The van der Waals surface area contributed by atoms with Gasteiger partial charge >= 0.3 is 0 Å². The highest BCUT2D eigenvalue weighted by atomic mass is 28.4. The Morgan fingerprint density at radius 3 is 1.34 bits per heavy atom. The van der Waals surface area contributed by atoms with Crippen molar-refractivity contribution in [3.63, 3.8) is 0 Å². The summed E-state index contributed by atoms with van der Waals surface area (Å²) >= 11 is 0. The molecule has 6 aromatic carbocycles. The molecule has 0 spiro atoms. The molecule has 1 N–H and O–H groups in total. The van der Waals surface area contributed by atoms with Gasteiger partial charge in [0.15, 0.2) is 0 Å². The van der Waals surface area contributed by atoms with Crippen molar-refractivity contribution in [3.05, 3.63) is 194 Å². The molecular formula is C56H60O3Si2. The summed E-state index contributed by atoms with van der Waals surface area (Å²) in [6, 6.07) is 66.3. The van der Waals surface area contributed by atoms with E-state index in [-0.39, 0.29) is 35.6 Å². The average molecular weight is 837 g/mol. The fourth-order valence-corrected chi connectivity index (χ4v) is 21.6. The predicted octanol–water partition coefficient (Wildman–Crippen LogP) is 8.27. The van der Waals surface area contributed by atoms with Crippen LogP contribution >= 0.6 is 0 Å². The molecule has 0 unspecified atom stereocenters. The predicted molar refractivity (Wildman–Crippen MR) is 255 cm³/mol. The van der Waals surface area contributed by atoms with Gasteiger partial charge in [0, 0.05) is 5.41 Å². The molecule has 4 aliphatic carbocycles. The standard InChI is InChI=1S/C56H60O3Si2/c1-42-39-44(58-60(45-21-9-3-10-22-45,46-23-11-4-12-24-46)47-25-13-5-14-26-47)40-43-33-34-51-52-35-36-54(55(52,2)38-37-53(51)56(42,43)41-57)59-61(48-27-15-6-16-28-48,49-29-17-7-18-30-49)50-31-19-8-20-32-50/h3-32,40,42,44,51-54,57H,33-39,41H2,1-2H3/t42-,44+,51+,52+,53+,54+,55+,56+/m1/s1. The quantitative estimate of drug-likeness (QED) is 0.0812. The summed E-state index contributed by atoms with van der Waals surface area (Å²) in [7, 11) is -5.79. The molecule has 3 saturated carbocycles. The van der Waals surface area contributed by atoms with E-state index in [9.17, 15) is 5.11 Å². The highest BCUT2D eigenvalue weighted by Gasteiger charge is 2.63. The molecule has 4 aliphatic rings. The van der Waals surface area contributed by atoms with E-state index in [0.717, 1.165) is 32.1 Å². The van der Waals surface area contributed by atoms with Gasteiger partial charge < -0.3 is 14.0 Å². The molecule has 0 aliphatic heterocycles. The van der Waals surface area contributed by atoms with Crippen LogP contribution in [-0.2, 0) is 8.85 Å². The van der Waals surface area contributed by atoms with Crippen molar-refractivity contribution in [2.24, 2.45) is 34.5 Å². The Bertz CT molecular complexity index is 2220. The normalized spacial score (nSPS) is 28.5. The lowest BCUT2D eigenvalue weighted by Gasteiger charge is -2.61. The van der Waals surface area contributed by atoms with Crippen LogP contribution in [0.5, 0.6) is 0 Å². The van der Waals surface area contributed by atoms with Crippen LogP contribution in [-0.4, -0.2) is 40.6 Å². The molecule has 0 radical (unpaired) electrons. The lowest BCUT2D eigenvalue weighted by molar-refractivity contribution is -0.106. The molecule has 310 valence electrons. The first-order valence-corrected chi connectivity index (χ1v) is 26.8. The molecule has 10 rings (SSSR count). The van der Waals surface area contributed by atoms with Gasteiger partial charge in [0.25, 0.3) is 16.6 Å². The smallest absolute Gasteiger partial charge is 0.288 e. The molecule has 6 aromatic rings. The third-order valence-corrected chi connectivity index (χ3v) is 24.4. The van der Waals surface area contributed by atoms with E-state index in [1.54, 1.807) is 0 Å². The maximum absolute atomic E-state index is 11.8. The van der Waals surface area contributed by atoms with E-state index in [1.807, 2.05) is 0 Å². The van der Waals surface area contributed by atoms with Crippen molar-refractivity contribution in [1.82, 2.24) is 0 Å². The van der Waals surface area contributed by atoms with Crippen LogP contribution in [0.1, 0.15) is 58.8 Å². The first kappa shape index (κ1) is 40.4. The first-order valence-electron chi connectivity index (χ1n) is 22.9. The fourth-order valence-electron chi connectivity index (χ4n) is 13.4. The van der Waals surface area contributed by atoms with Gasteiger partial charge in [-0.25, -0.2) is 0 Å². The van der Waals surface area contributed by atoms with Crippen LogP contribution < -0.4 is 31.1 Å². The van der Waals surface area contributed by atoms with Crippen molar-refractivity contribution in [2.45, 2.75) is 71.0 Å². The third-order valence-electron chi connectivity index (χ3n) is 16.2. The van der Waals surface area contributed by atoms with Gasteiger partial charge in [-0.2, -0.15) is 0 Å². The number of benzene rings is 6. The Labute approximate surface area is 365 Å². The summed E-state index contributed by atoms with van der Waals surface area (Å²) < 4.78 is 15.8. The van der Waals surface area contributed by atoms with E-state index in [0.29, 0.717) is 17.8 Å². The summed E-state index contributed by atoms with van der Waals surface area (Å²) in [6.45, 7) is 5.23. The van der Waals surface area contributed by atoms with Gasteiger partial charge in [-0.1, -0.05) is 207 Å². The molecule has 5 heteroatoms. The van der Waals surface area contributed by atoms with Crippen LogP contribution in [0.25, 0.3) is 0 Å². The Balaban J connectivity index is 0.985. The topological polar surface area (TPSA) is 38.7 Å². The highest BCUT2D eigenvalue weighted by molar-refractivity contribution is 7.07. The number of fused-ring (bicyclic) bond motifs is 5. The second kappa shape index (κ2) is 16.6. The van der Waals surface area contributed by atoms with Gasteiger partial charge in [0.1, 0.15) is 0 Å². The zero-order chi connectivity index (χ0) is 41.5. The number of hydrogen-bond donors (Lipinski definition) is 1. The van der Waals surface area contributed by atoms with Crippen LogP contribution in [0.2, 0.25) is 0 Å². The number of rotatable bonds is 11. The van der Waals surface area contributed by atoms with E-state index >= 15 is 0 Å². The lowest BCUT2D eigenvalue weighted by atomic mass is 9.45.